The van der Waals surface area contributed by atoms with Crippen LogP contribution in [0.25, 0.3) is 22.2 Å². The molecule has 1 atom stereocenters. The topological polar surface area (TPSA) is 76.0 Å². The van der Waals surface area contributed by atoms with Crippen LogP contribution in [0.2, 0.25) is 0 Å². The minimum absolute atomic E-state index is 0.0178. The molecule has 1 N–H and O–H groups in total. The molecule has 0 bridgehead atoms. The number of rotatable bonds is 4. The number of nitrogens with one attached hydrogen (secondary N) is 1. The number of cyclic esters (lactones) is 1. The van der Waals surface area contributed by atoms with Crippen molar-refractivity contribution in [2.75, 3.05) is 11.5 Å². The van der Waals surface area contributed by atoms with E-state index < -0.39 is 23.9 Å². The zero-order valence-electron chi connectivity index (χ0n) is 17.2. The standard InChI is InChI=1S/C23H18F3N5O2/c24-18-5-13(14-9-29-30(10-14)16-7-23(25,26)8-16)1-3-17(18)21-11-33-22(32)31(21)15-2-4-19-20(6-15)28-12-27-19/h1-6,9-10,12,16,21H,7-8,11H2,(H,27,28)/t21-/m1/s1. The normalized spacial score (nSPS) is 20.3. The summed E-state index contributed by atoms with van der Waals surface area (Å²) in [5.74, 6) is -3.13. The summed E-state index contributed by atoms with van der Waals surface area (Å²) in [6, 6.07) is 9.03. The molecule has 1 aliphatic heterocycles. The highest BCUT2D eigenvalue weighted by Crippen LogP contribution is 2.45. The van der Waals surface area contributed by atoms with Crippen LogP contribution < -0.4 is 4.90 Å². The molecule has 1 saturated heterocycles. The van der Waals surface area contributed by atoms with Crippen molar-refractivity contribution < 1.29 is 22.7 Å². The Balaban J connectivity index is 1.28. The monoisotopic (exact) mass is 453 g/mol. The summed E-state index contributed by atoms with van der Waals surface area (Å²) in [6.45, 7) is 0.0178. The van der Waals surface area contributed by atoms with Crippen LogP contribution in [0.5, 0.6) is 0 Å². The molecule has 1 saturated carbocycles. The minimum atomic E-state index is -2.64. The third kappa shape index (κ3) is 3.33. The molecule has 7 nitrogen and oxygen atoms in total. The van der Waals surface area contributed by atoms with E-state index in [2.05, 4.69) is 15.1 Å². The van der Waals surface area contributed by atoms with Crippen molar-refractivity contribution in [2.45, 2.75) is 30.8 Å². The van der Waals surface area contributed by atoms with Crippen LogP contribution in [0.3, 0.4) is 0 Å². The molecule has 2 fully saturated rings. The Morgan fingerprint density at radius 2 is 1.97 bits per heavy atom. The molecule has 2 aromatic carbocycles. The van der Waals surface area contributed by atoms with Gasteiger partial charge in [-0.25, -0.2) is 22.9 Å². The zero-order valence-corrected chi connectivity index (χ0v) is 17.2. The van der Waals surface area contributed by atoms with Crippen LogP contribution in [0.1, 0.15) is 30.5 Å². The van der Waals surface area contributed by atoms with Gasteiger partial charge in [0.25, 0.3) is 5.92 Å². The molecular formula is C23H18F3N5O2. The van der Waals surface area contributed by atoms with E-state index in [0.717, 1.165) is 11.0 Å². The maximum atomic E-state index is 15.2. The number of halogens is 3. The van der Waals surface area contributed by atoms with Crippen molar-refractivity contribution in [1.29, 1.82) is 0 Å². The SMILES string of the molecule is O=C1OC[C@H](c2ccc(-c3cnn(C4CC(F)(F)C4)c3)cc2F)N1c1ccc2nc[nH]c2c1. The van der Waals surface area contributed by atoms with E-state index in [9.17, 15) is 13.6 Å². The number of hydrogen-bond donors (Lipinski definition) is 1. The van der Waals surface area contributed by atoms with Crippen LogP contribution in [-0.4, -0.2) is 38.4 Å². The van der Waals surface area contributed by atoms with Crippen LogP contribution in [-0.2, 0) is 4.74 Å². The van der Waals surface area contributed by atoms with Crippen LogP contribution >= 0.6 is 0 Å². The Morgan fingerprint density at radius 3 is 2.76 bits per heavy atom. The average Bonchev–Trinajstić information content (AvgIpc) is 3.51. The van der Waals surface area contributed by atoms with E-state index in [1.54, 1.807) is 49.1 Å². The summed E-state index contributed by atoms with van der Waals surface area (Å²) >= 11 is 0. The zero-order chi connectivity index (χ0) is 22.7. The number of nitrogens with zero attached hydrogens (tertiary/aromatic N) is 4. The van der Waals surface area contributed by atoms with Gasteiger partial charge >= 0.3 is 6.09 Å². The maximum absolute atomic E-state index is 15.2. The Bertz CT molecular complexity index is 1370. The van der Waals surface area contributed by atoms with Crippen molar-refractivity contribution in [3.05, 3.63) is 66.5 Å². The Kier molecular flexibility index (Phi) is 4.26. The molecule has 2 aliphatic rings. The molecule has 6 rings (SSSR count). The van der Waals surface area contributed by atoms with E-state index in [-0.39, 0.29) is 25.5 Å². The van der Waals surface area contributed by atoms with Crippen molar-refractivity contribution in [3.63, 3.8) is 0 Å². The van der Waals surface area contributed by atoms with E-state index in [4.69, 9.17) is 4.74 Å². The third-order valence-electron chi connectivity index (χ3n) is 6.29. The van der Waals surface area contributed by atoms with Crippen molar-refractivity contribution >= 4 is 22.8 Å². The van der Waals surface area contributed by atoms with Gasteiger partial charge in [-0.3, -0.25) is 9.58 Å². The number of hydrogen-bond acceptors (Lipinski definition) is 4. The predicted molar refractivity (Wildman–Crippen MR) is 114 cm³/mol. The molecule has 168 valence electrons. The summed E-state index contributed by atoms with van der Waals surface area (Å²) in [4.78, 5) is 21.1. The summed E-state index contributed by atoms with van der Waals surface area (Å²) in [6.07, 6.45) is 3.72. The number of carbonyl (C=O) groups excluding carboxylic acids is 1. The highest BCUT2D eigenvalue weighted by molar-refractivity contribution is 5.93. The minimum Gasteiger partial charge on any atom is -0.447 e. The fourth-order valence-electron chi connectivity index (χ4n) is 4.49. The average molecular weight is 453 g/mol. The summed E-state index contributed by atoms with van der Waals surface area (Å²) in [7, 11) is 0. The maximum Gasteiger partial charge on any atom is 0.415 e. The fourth-order valence-corrected chi connectivity index (χ4v) is 4.49. The molecule has 10 heteroatoms. The van der Waals surface area contributed by atoms with Crippen molar-refractivity contribution in [2.24, 2.45) is 0 Å². The van der Waals surface area contributed by atoms with Crippen LogP contribution in [0, 0.1) is 5.82 Å². The second-order valence-corrected chi connectivity index (χ2v) is 8.43. The number of alkyl halides is 2. The van der Waals surface area contributed by atoms with Gasteiger partial charge in [0.2, 0.25) is 0 Å². The third-order valence-corrected chi connectivity index (χ3v) is 6.29. The Hall–Kier alpha value is -3.82. The lowest BCUT2D eigenvalue weighted by atomic mass is 9.88. The smallest absolute Gasteiger partial charge is 0.415 e. The number of carbonyl (C=O) groups is 1. The molecule has 0 spiro atoms. The van der Waals surface area contributed by atoms with Gasteiger partial charge in [-0.15, -0.1) is 0 Å². The first-order chi connectivity index (χ1) is 15.9. The van der Waals surface area contributed by atoms with Gasteiger partial charge in [0, 0.05) is 30.2 Å². The van der Waals surface area contributed by atoms with Crippen LogP contribution in [0.4, 0.5) is 23.7 Å². The number of imidazole rings is 1. The number of anilines is 1. The summed E-state index contributed by atoms with van der Waals surface area (Å²) in [5.41, 5.74) is 3.61. The van der Waals surface area contributed by atoms with Gasteiger partial charge in [-0.1, -0.05) is 12.1 Å². The van der Waals surface area contributed by atoms with Crippen molar-refractivity contribution in [3.8, 4) is 11.1 Å². The van der Waals surface area contributed by atoms with Gasteiger partial charge in [0.05, 0.1) is 35.3 Å². The first-order valence-corrected chi connectivity index (χ1v) is 10.5. The summed E-state index contributed by atoms with van der Waals surface area (Å²) in [5, 5.41) is 4.17. The quantitative estimate of drug-likeness (QED) is 0.459. The van der Waals surface area contributed by atoms with E-state index in [0.29, 0.717) is 22.4 Å². The number of aromatic amines is 1. The Morgan fingerprint density at radius 1 is 1.12 bits per heavy atom. The first kappa shape index (κ1) is 19.8. The highest BCUT2D eigenvalue weighted by Gasteiger charge is 2.46. The van der Waals surface area contributed by atoms with Gasteiger partial charge < -0.3 is 9.72 Å². The van der Waals surface area contributed by atoms with Crippen molar-refractivity contribution in [1.82, 2.24) is 19.7 Å². The molecule has 3 heterocycles. The predicted octanol–water partition coefficient (Wildman–Crippen LogP) is 5.23. The molecule has 0 unspecified atom stereocenters. The largest absolute Gasteiger partial charge is 0.447 e. The van der Waals surface area contributed by atoms with Gasteiger partial charge in [0.15, 0.2) is 0 Å². The molecule has 2 aromatic heterocycles. The second kappa shape index (κ2) is 7.09. The number of H-pyrrole nitrogens is 1. The Labute approximate surface area is 185 Å². The lowest BCUT2D eigenvalue weighted by molar-refractivity contribution is -0.106. The lowest BCUT2D eigenvalue weighted by Gasteiger charge is -2.34. The highest BCUT2D eigenvalue weighted by atomic mass is 19.3. The van der Waals surface area contributed by atoms with E-state index >= 15 is 4.39 Å². The first-order valence-electron chi connectivity index (χ1n) is 10.5. The van der Waals surface area contributed by atoms with Gasteiger partial charge in [-0.05, 0) is 29.8 Å². The number of amides is 1. The molecule has 33 heavy (non-hydrogen) atoms. The summed E-state index contributed by atoms with van der Waals surface area (Å²) < 4.78 is 48.3. The molecule has 0 radical (unpaired) electrons. The number of aromatic nitrogens is 4. The molecule has 1 amide bonds. The van der Waals surface area contributed by atoms with Gasteiger partial charge in [-0.2, -0.15) is 5.10 Å². The lowest BCUT2D eigenvalue weighted by Crippen LogP contribution is -2.37. The molecule has 1 aliphatic carbocycles. The van der Waals surface area contributed by atoms with E-state index in [1.807, 2.05) is 0 Å². The van der Waals surface area contributed by atoms with E-state index in [1.165, 1.54) is 15.6 Å². The molecule has 4 aromatic rings. The number of ether oxygens (including phenoxy) is 1. The number of fused-ring (bicyclic) bond motifs is 1. The second-order valence-electron chi connectivity index (χ2n) is 8.43. The van der Waals surface area contributed by atoms with Crippen LogP contribution in [0.15, 0.2) is 55.1 Å². The number of benzene rings is 2. The molecular weight excluding hydrogens is 435 g/mol. The van der Waals surface area contributed by atoms with Gasteiger partial charge in [0.1, 0.15) is 18.5 Å². The fraction of sp³-hybridized carbons (Fsp3) is 0.261.